The molecule has 0 unspecified atom stereocenters. The first-order chi connectivity index (χ1) is 18.1. The molecule has 1 N–H and O–H groups in total. The molecule has 0 saturated heterocycles. The van der Waals surface area contributed by atoms with Gasteiger partial charge >= 0.3 is 0 Å². The first-order valence-electron chi connectivity index (χ1n) is 12.9. The molecule has 0 bridgehead atoms. The molecule has 6 nitrogen and oxygen atoms in total. The number of hydrogen-bond acceptors (Lipinski definition) is 4. The van der Waals surface area contributed by atoms with Crippen molar-refractivity contribution >= 4 is 11.8 Å². The molecule has 1 fully saturated rings. The van der Waals surface area contributed by atoms with Crippen LogP contribution in [0, 0.1) is 5.82 Å². The summed E-state index contributed by atoms with van der Waals surface area (Å²) in [5.41, 5.74) is 1.82. The Morgan fingerprint density at radius 3 is 2.32 bits per heavy atom. The molecule has 7 heteroatoms. The highest BCUT2D eigenvalue weighted by Gasteiger charge is 2.34. The summed E-state index contributed by atoms with van der Waals surface area (Å²) >= 11 is 0. The number of nitrogens with zero attached hydrogens (tertiary/aromatic N) is 1. The fourth-order valence-corrected chi connectivity index (χ4v) is 5.05. The second kappa shape index (κ2) is 11.5. The minimum Gasteiger partial charge on any atom is -0.486 e. The third-order valence-corrected chi connectivity index (χ3v) is 6.94. The third-order valence-electron chi connectivity index (χ3n) is 6.94. The van der Waals surface area contributed by atoms with Crippen LogP contribution in [-0.4, -0.2) is 36.0 Å². The van der Waals surface area contributed by atoms with Gasteiger partial charge in [0.05, 0.1) is 0 Å². The topological polar surface area (TPSA) is 67.9 Å². The van der Waals surface area contributed by atoms with Crippen LogP contribution in [0.4, 0.5) is 4.39 Å². The van der Waals surface area contributed by atoms with E-state index in [2.05, 4.69) is 5.32 Å². The molecule has 2 aliphatic rings. The van der Waals surface area contributed by atoms with E-state index in [1.165, 1.54) is 12.1 Å². The van der Waals surface area contributed by atoms with Gasteiger partial charge in [-0.05, 0) is 54.3 Å². The quantitative estimate of drug-likeness (QED) is 0.468. The van der Waals surface area contributed by atoms with Gasteiger partial charge in [-0.1, -0.05) is 61.7 Å². The fraction of sp³-hybridized carbons (Fsp3) is 0.333. The summed E-state index contributed by atoms with van der Waals surface area (Å²) in [6, 6.07) is 19.5. The number of benzene rings is 3. The predicted molar refractivity (Wildman–Crippen MR) is 138 cm³/mol. The molecule has 1 aliphatic carbocycles. The highest BCUT2D eigenvalue weighted by molar-refractivity contribution is 5.98. The van der Waals surface area contributed by atoms with Crippen molar-refractivity contribution in [1.29, 1.82) is 0 Å². The van der Waals surface area contributed by atoms with E-state index < -0.39 is 11.9 Å². The third kappa shape index (κ3) is 5.93. The molecule has 3 aromatic rings. The molecule has 192 valence electrons. The summed E-state index contributed by atoms with van der Waals surface area (Å²) < 4.78 is 25.2. The minimum absolute atomic E-state index is 0.0622. The van der Waals surface area contributed by atoms with Crippen LogP contribution < -0.4 is 14.8 Å². The Balaban J connectivity index is 1.53. The molecule has 2 amide bonds. The van der Waals surface area contributed by atoms with Crippen molar-refractivity contribution in [2.45, 2.75) is 50.7 Å². The number of ether oxygens (including phenoxy) is 2. The van der Waals surface area contributed by atoms with Crippen molar-refractivity contribution in [3.8, 4) is 11.5 Å². The van der Waals surface area contributed by atoms with Crippen molar-refractivity contribution in [1.82, 2.24) is 10.2 Å². The summed E-state index contributed by atoms with van der Waals surface area (Å²) in [6.07, 6.45) is 5.12. The van der Waals surface area contributed by atoms with Crippen LogP contribution in [0.1, 0.15) is 59.6 Å². The lowest BCUT2D eigenvalue weighted by Crippen LogP contribution is -2.46. The Kier molecular flexibility index (Phi) is 7.68. The normalized spacial score (nSPS) is 16.0. The predicted octanol–water partition coefficient (Wildman–Crippen LogP) is 5.43. The Hall–Kier alpha value is -3.87. The van der Waals surface area contributed by atoms with Crippen molar-refractivity contribution in [3.63, 3.8) is 0 Å². The number of carbonyl (C=O) groups excluding carboxylic acids is 2. The monoisotopic (exact) mass is 502 g/mol. The van der Waals surface area contributed by atoms with Crippen LogP contribution in [0.2, 0.25) is 0 Å². The lowest BCUT2D eigenvalue weighted by Gasteiger charge is -2.34. The molecular formula is C30H31FN2O4. The molecule has 0 spiro atoms. The van der Waals surface area contributed by atoms with Gasteiger partial charge in [0.25, 0.3) is 5.91 Å². The van der Waals surface area contributed by atoms with E-state index in [0.29, 0.717) is 35.8 Å². The van der Waals surface area contributed by atoms with E-state index in [-0.39, 0.29) is 24.4 Å². The smallest absolute Gasteiger partial charge is 0.255 e. The van der Waals surface area contributed by atoms with Crippen LogP contribution in [0.25, 0.3) is 0 Å². The second-order valence-electron chi connectivity index (χ2n) is 9.57. The van der Waals surface area contributed by atoms with Gasteiger partial charge < -0.3 is 19.7 Å². The molecule has 1 atom stereocenters. The Bertz CT molecular complexity index is 1230. The average molecular weight is 503 g/mol. The zero-order valence-electron chi connectivity index (χ0n) is 20.7. The number of carbonyl (C=O) groups is 2. The van der Waals surface area contributed by atoms with Crippen molar-refractivity contribution < 1.29 is 23.5 Å². The molecule has 0 aromatic heterocycles. The summed E-state index contributed by atoms with van der Waals surface area (Å²) in [5.74, 6) is 0.0986. The number of hydrogen-bond donors (Lipinski definition) is 1. The molecule has 1 saturated carbocycles. The summed E-state index contributed by atoms with van der Waals surface area (Å²) in [7, 11) is 0. The van der Waals surface area contributed by atoms with Gasteiger partial charge in [-0.2, -0.15) is 0 Å². The van der Waals surface area contributed by atoms with Gasteiger partial charge in [0.15, 0.2) is 11.5 Å². The minimum atomic E-state index is -0.941. The number of halogens is 1. The highest BCUT2D eigenvalue weighted by Crippen LogP contribution is 2.33. The van der Waals surface area contributed by atoms with Crippen LogP contribution >= 0.6 is 0 Å². The highest BCUT2D eigenvalue weighted by atomic mass is 19.1. The Morgan fingerprint density at radius 1 is 0.892 bits per heavy atom. The molecule has 37 heavy (non-hydrogen) atoms. The molecule has 5 rings (SSSR count). The van der Waals surface area contributed by atoms with Crippen LogP contribution in [0.3, 0.4) is 0 Å². The number of nitrogens with one attached hydrogen (secondary N) is 1. The van der Waals surface area contributed by atoms with Gasteiger partial charge in [0, 0.05) is 18.2 Å². The SMILES string of the molecule is O=C(NC1CCCCC1)[C@H](c1ccc(F)cc1)N(Cc1ccccc1)C(=O)c1ccc2c(c1)OCCO2. The van der Waals surface area contributed by atoms with E-state index in [1.54, 1.807) is 35.2 Å². The number of rotatable bonds is 7. The van der Waals surface area contributed by atoms with E-state index in [9.17, 15) is 14.0 Å². The molecule has 3 aromatic carbocycles. The van der Waals surface area contributed by atoms with Crippen LogP contribution in [-0.2, 0) is 11.3 Å². The zero-order valence-corrected chi connectivity index (χ0v) is 20.7. The number of amides is 2. The first kappa shape index (κ1) is 24.8. The van der Waals surface area contributed by atoms with Crippen LogP contribution in [0.5, 0.6) is 11.5 Å². The molecule has 1 heterocycles. The fourth-order valence-electron chi connectivity index (χ4n) is 5.05. The van der Waals surface area contributed by atoms with Crippen molar-refractivity contribution in [2.75, 3.05) is 13.2 Å². The van der Waals surface area contributed by atoms with E-state index in [0.717, 1.165) is 37.7 Å². The van der Waals surface area contributed by atoms with Crippen molar-refractivity contribution in [2.24, 2.45) is 0 Å². The van der Waals surface area contributed by atoms with Crippen LogP contribution in [0.15, 0.2) is 72.8 Å². The maximum Gasteiger partial charge on any atom is 0.255 e. The average Bonchev–Trinajstić information content (AvgIpc) is 2.94. The summed E-state index contributed by atoms with van der Waals surface area (Å²) in [4.78, 5) is 29.5. The van der Waals surface area contributed by atoms with E-state index in [4.69, 9.17) is 9.47 Å². The van der Waals surface area contributed by atoms with E-state index >= 15 is 0 Å². The van der Waals surface area contributed by atoms with Gasteiger partial charge in [0.1, 0.15) is 25.1 Å². The van der Waals surface area contributed by atoms with Crippen molar-refractivity contribution in [3.05, 3.63) is 95.3 Å². The Morgan fingerprint density at radius 2 is 1.59 bits per heavy atom. The van der Waals surface area contributed by atoms with Gasteiger partial charge in [0.2, 0.25) is 5.91 Å². The van der Waals surface area contributed by atoms with Gasteiger partial charge in [-0.25, -0.2) is 4.39 Å². The lowest BCUT2D eigenvalue weighted by molar-refractivity contribution is -0.127. The number of fused-ring (bicyclic) bond motifs is 1. The molecular weight excluding hydrogens is 471 g/mol. The largest absolute Gasteiger partial charge is 0.486 e. The second-order valence-corrected chi connectivity index (χ2v) is 9.57. The standard InChI is InChI=1S/C30H31FN2O4/c31-24-14-11-22(12-15-24)28(29(34)32-25-9-5-2-6-10-25)33(20-21-7-3-1-4-8-21)30(35)23-13-16-26-27(19-23)37-18-17-36-26/h1,3-4,7-8,11-16,19,25,28H,2,5-6,9-10,17-18,20H2,(H,32,34)/t28-/m0/s1. The maximum atomic E-state index is 14.1. The zero-order chi connectivity index (χ0) is 25.6. The van der Waals surface area contributed by atoms with Gasteiger partial charge in [-0.15, -0.1) is 0 Å². The molecule has 0 radical (unpaired) electrons. The maximum absolute atomic E-state index is 14.1. The van der Waals surface area contributed by atoms with E-state index in [1.807, 2.05) is 30.3 Å². The summed E-state index contributed by atoms with van der Waals surface area (Å²) in [6.45, 7) is 1.06. The first-order valence-corrected chi connectivity index (χ1v) is 12.9. The summed E-state index contributed by atoms with van der Waals surface area (Å²) in [5, 5.41) is 3.18. The lowest BCUT2D eigenvalue weighted by atomic mass is 9.94. The van der Waals surface area contributed by atoms with Gasteiger partial charge in [-0.3, -0.25) is 9.59 Å². The molecule has 1 aliphatic heterocycles. The Labute approximate surface area is 216 Å².